The van der Waals surface area contributed by atoms with Gasteiger partial charge in [0.25, 0.3) is 0 Å². The summed E-state index contributed by atoms with van der Waals surface area (Å²) in [6.07, 6.45) is 0.877. The molecule has 0 saturated heterocycles. The topological polar surface area (TPSA) is 87.9 Å². The number of ketones is 1. The lowest BCUT2D eigenvalue weighted by atomic mass is 9.70. The number of carbonyl (C=O) groups is 2. The van der Waals surface area contributed by atoms with Crippen LogP contribution in [0.5, 0.6) is 5.75 Å². The number of hydrogen-bond donors (Lipinski definition) is 1. The molecule has 0 bridgehead atoms. The van der Waals surface area contributed by atoms with Gasteiger partial charge in [-0.25, -0.2) is 4.79 Å². The summed E-state index contributed by atoms with van der Waals surface area (Å²) >= 11 is 3.52. The molecule has 0 fully saturated rings. The Bertz CT molecular complexity index is 1170. The number of benzene rings is 2. The number of Topliss-reactive ketones (excluding diaryl/α,β-unsaturated/α-hetero) is 1. The normalized spacial score (nSPS) is 19.6. The Labute approximate surface area is 201 Å². The number of rotatable bonds is 5. The van der Waals surface area contributed by atoms with Crippen LogP contribution in [0, 0.1) is 5.41 Å². The maximum absolute atomic E-state index is 13.4. The molecule has 0 amide bonds. The summed E-state index contributed by atoms with van der Waals surface area (Å²) in [7, 11) is 1.28. The van der Waals surface area contributed by atoms with Gasteiger partial charge in [-0.2, -0.15) is 0 Å². The minimum Gasteiger partial charge on any atom is -0.489 e. The molecule has 33 heavy (non-hydrogen) atoms. The van der Waals surface area contributed by atoms with Crippen molar-refractivity contribution in [3.05, 3.63) is 86.9 Å². The van der Waals surface area contributed by atoms with Crippen LogP contribution in [0.2, 0.25) is 0 Å². The van der Waals surface area contributed by atoms with E-state index < -0.39 is 11.9 Å². The number of carbonyl (C=O) groups excluding carboxylic acids is 2. The Kier molecular flexibility index (Phi) is 6.34. The second kappa shape index (κ2) is 9.06. The molecule has 1 atom stereocenters. The third kappa shape index (κ3) is 4.69. The van der Waals surface area contributed by atoms with Crippen molar-refractivity contribution in [1.29, 1.82) is 0 Å². The molecular weight excluding hydrogens is 486 g/mol. The van der Waals surface area contributed by atoms with E-state index in [1.807, 2.05) is 62.4 Å². The number of esters is 1. The van der Waals surface area contributed by atoms with Gasteiger partial charge >= 0.3 is 5.97 Å². The monoisotopic (exact) mass is 511 g/mol. The van der Waals surface area contributed by atoms with Gasteiger partial charge in [-0.15, -0.1) is 0 Å². The first-order valence-electron chi connectivity index (χ1n) is 10.7. The summed E-state index contributed by atoms with van der Waals surface area (Å²) < 4.78 is 17.8. The number of hydrogen-bond acceptors (Lipinski definition) is 6. The molecule has 0 spiro atoms. The first-order valence-corrected chi connectivity index (χ1v) is 11.5. The van der Waals surface area contributed by atoms with Gasteiger partial charge in [0.15, 0.2) is 5.78 Å². The maximum atomic E-state index is 13.4. The van der Waals surface area contributed by atoms with Gasteiger partial charge < -0.3 is 19.9 Å². The average Bonchev–Trinajstić information content (AvgIpc) is 2.76. The van der Waals surface area contributed by atoms with Gasteiger partial charge in [0, 0.05) is 28.5 Å². The molecule has 2 N–H and O–H groups in total. The Balaban J connectivity index is 1.85. The SMILES string of the molecule is COC(=O)C1=C(N)OC2=C(C(=O)CC(C)(C)C2)[C@H]1c1cc(Br)ccc1OCc1ccccc1. The fraction of sp³-hybridized carbons (Fsp3) is 0.308. The van der Waals surface area contributed by atoms with Crippen LogP contribution < -0.4 is 10.5 Å². The van der Waals surface area contributed by atoms with Crippen molar-refractivity contribution in [2.24, 2.45) is 11.1 Å². The molecule has 2 aromatic rings. The average molecular weight is 512 g/mol. The molecule has 1 heterocycles. The standard InChI is InChI=1S/C26H26BrNO5/c1-26(2)12-18(29)22-20(13-26)33-24(28)23(25(30)31-3)21(22)17-11-16(27)9-10-19(17)32-14-15-7-5-4-6-8-15/h4-11,21H,12-14,28H2,1-3H3/t21-/m1/s1. The van der Waals surface area contributed by atoms with Crippen molar-refractivity contribution in [2.75, 3.05) is 7.11 Å². The largest absolute Gasteiger partial charge is 0.489 e. The third-order valence-electron chi connectivity index (χ3n) is 5.88. The van der Waals surface area contributed by atoms with Crippen molar-refractivity contribution in [3.8, 4) is 5.75 Å². The molecule has 4 rings (SSSR count). The van der Waals surface area contributed by atoms with Crippen LogP contribution in [0.15, 0.2) is 75.8 Å². The van der Waals surface area contributed by atoms with Gasteiger partial charge in [-0.3, -0.25) is 4.79 Å². The zero-order valence-corrected chi connectivity index (χ0v) is 20.4. The highest BCUT2D eigenvalue weighted by Crippen LogP contribution is 2.50. The minimum atomic E-state index is -0.756. The molecule has 2 aliphatic rings. The Hall–Kier alpha value is -3.06. The van der Waals surface area contributed by atoms with E-state index in [9.17, 15) is 9.59 Å². The van der Waals surface area contributed by atoms with Crippen molar-refractivity contribution in [2.45, 2.75) is 39.2 Å². The molecule has 7 heteroatoms. The molecule has 2 aromatic carbocycles. The summed E-state index contributed by atoms with van der Waals surface area (Å²) in [5.74, 6) is -0.476. The van der Waals surface area contributed by atoms with Crippen LogP contribution in [-0.4, -0.2) is 18.9 Å². The minimum absolute atomic E-state index is 0.0508. The van der Waals surface area contributed by atoms with E-state index in [0.717, 1.165) is 10.0 Å². The number of nitrogens with two attached hydrogens (primary N) is 1. The second-order valence-corrected chi connectivity index (χ2v) is 9.95. The van der Waals surface area contributed by atoms with Gasteiger partial charge in [-0.05, 0) is 29.2 Å². The molecule has 0 aromatic heterocycles. The quantitative estimate of drug-likeness (QED) is 0.559. The number of halogens is 1. The highest BCUT2D eigenvalue weighted by molar-refractivity contribution is 9.10. The first kappa shape index (κ1) is 23.1. The van der Waals surface area contributed by atoms with Crippen molar-refractivity contribution < 1.29 is 23.8 Å². The van der Waals surface area contributed by atoms with E-state index in [4.69, 9.17) is 19.9 Å². The van der Waals surface area contributed by atoms with Gasteiger partial charge in [-0.1, -0.05) is 60.1 Å². The lowest BCUT2D eigenvalue weighted by Crippen LogP contribution is -2.35. The van der Waals surface area contributed by atoms with Crippen LogP contribution in [0.25, 0.3) is 0 Å². The van der Waals surface area contributed by atoms with E-state index in [2.05, 4.69) is 15.9 Å². The van der Waals surface area contributed by atoms with E-state index >= 15 is 0 Å². The predicted octanol–water partition coefficient (Wildman–Crippen LogP) is 5.13. The van der Waals surface area contributed by atoms with Crippen molar-refractivity contribution >= 4 is 27.7 Å². The third-order valence-corrected chi connectivity index (χ3v) is 6.37. The zero-order chi connectivity index (χ0) is 23.8. The van der Waals surface area contributed by atoms with Gasteiger partial charge in [0.2, 0.25) is 5.88 Å². The molecule has 1 aliphatic heterocycles. The zero-order valence-electron chi connectivity index (χ0n) is 18.8. The molecule has 0 radical (unpaired) electrons. The van der Waals surface area contributed by atoms with Gasteiger partial charge in [0.1, 0.15) is 23.7 Å². The van der Waals surface area contributed by atoms with Crippen molar-refractivity contribution in [1.82, 2.24) is 0 Å². The molecule has 6 nitrogen and oxygen atoms in total. The summed E-state index contributed by atoms with van der Waals surface area (Å²) in [5.41, 5.74) is 8.15. The molecular formula is C26H26BrNO5. The Morgan fingerprint density at radius 1 is 1.18 bits per heavy atom. The number of allylic oxidation sites excluding steroid dienone is 2. The van der Waals surface area contributed by atoms with Gasteiger partial charge in [0.05, 0.1) is 13.0 Å². The fourth-order valence-electron chi connectivity index (χ4n) is 4.42. The second-order valence-electron chi connectivity index (χ2n) is 9.04. The smallest absolute Gasteiger partial charge is 0.340 e. The summed E-state index contributed by atoms with van der Waals surface area (Å²) in [4.78, 5) is 26.2. The van der Waals surface area contributed by atoms with E-state index in [-0.39, 0.29) is 22.7 Å². The van der Waals surface area contributed by atoms with Crippen LogP contribution >= 0.6 is 15.9 Å². The summed E-state index contributed by atoms with van der Waals surface area (Å²) in [5, 5.41) is 0. The Morgan fingerprint density at radius 2 is 1.91 bits per heavy atom. The summed E-state index contributed by atoms with van der Waals surface area (Å²) in [6.45, 7) is 4.35. The molecule has 1 aliphatic carbocycles. The van der Waals surface area contributed by atoms with E-state index in [1.54, 1.807) is 0 Å². The number of ether oxygens (including phenoxy) is 3. The fourth-order valence-corrected chi connectivity index (χ4v) is 4.79. The predicted molar refractivity (Wildman–Crippen MR) is 127 cm³/mol. The number of methoxy groups -OCH3 is 1. The lowest BCUT2D eigenvalue weighted by molar-refractivity contribution is -0.136. The molecule has 0 unspecified atom stereocenters. The highest BCUT2D eigenvalue weighted by atomic mass is 79.9. The van der Waals surface area contributed by atoms with E-state index in [0.29, 0.717) is 42.1 Å². The van der Waals surface area contributed by atoms with Crippen LogP contribution in [0.1, 0.15) is 43.7 Å². The van der Waals surface area contributed by atoms with E-state index in [1.165, 1.54) is 7.11 Å². The Morgan fingerprint density at radius 3 is 2.61 bits per heavy atom. The van der Waals surface area contributed by atoms with Crippen molar-refractivity contribution in [3.63, 3.8) is 0 Å². The lowest BCUT2D eigenvalue weighted by Gasteiger charge is -2.38. The molecule has 0 saturated carbocycles. The molecule has 172 valence electrons. The summed E-state index contributed by atoms with van der Waals surface area (Å²) in [6, 6.07) is 15.3. The van der Waals surface area contributed by atoms with Crippen LogP contribution in [-0.2, 0) is 25.7 Å². The maximum Gasteiger partial charge on any atom is 0.340 e. The van der Waals surface area contributed by atoms with Crippen LogP contribution in [0.3, 0.4) is 0 Å². The van der Waals surface area contributed by atoms with Crippen LogP contribution in [0.4, 0.5) is 0 Å². The highest BCUT2D eigenvalue weighted by Gasteiger charge is 2.45. The first-order chi connectivity index (χ1) is 15.7.